The van der Waals surface area contributed by atoms with E-state index in [1.807, 2.05) is 18.2 Å². The SMILES string of the molecule is CCOC(=O)[C@H](CC[C@@H](C[C@H]1OC(O)[C@H](O)[C@@H]1O)NC(=O)OCc1ccccc1)NC(C)=O. The van der Waals surface area contributed by atoms with Gasteiger partial charge < -0.3 is 40.2 Å². The Kier molecular flexibility index (Phi) is 10.5. The molecule has 2 amide bonds. The highest BCUT2D eigenvalue weighted by Gasteiger charge is 2.42. The van der Waals surface area contributed by atoms with Crippen molar-refractivity contribution in [2.45, 2.75) is 76.4 Å². The number of amides is 2. The third-order valence-corrected chi connectivity index (χ3v) is 5.14. The van der Waals surface area contributed by atoms with E-state index in [4.69, 9.17) is 14.2 Å². The fourth-order valence-electron chi connectivity index (χ4n) is 3.49. The molecule has 0 spiro atoms. The summed E-state index contributed by atoms with van der Waals surface area (Å²) in [6, 6.07) is 7.46. The number of carbonyl (C=O) groups excluding carboxylic acids is 3. The van der Waals surface area contributed by atoms with Crippen molar-refractivity contribution in [3.63, 3.8) is 0 Å². The Morgan fingerprint density at radius 2 is 1.73 bits per heavy atom. The van der Waals surface area contributed by atoms with Crippen molar-refractivity contribution in [2.24, 2.45) is 0 Å². The van der Waals surface area contributed by atoms with Gasteiger partial charge in [0, 0.05) is 13.0 Å². The van der Waals surface area contributed by atoms with Crippen molar-refractivity contribution >= 4 is 18.0 Å². The molecule has 11 heteroatoms. The first-order valence-corrected chi connectivity index (χ1v) is 10.8. The molecular formula is C22H32N2O9. The Morgan fingerprint density at radius 1 is 1.03 bits per heavy atom. The van der Waals surface area contributed by atoms with Crippen molar-refractivity contribution in [2.75, 3.05) is 6.61 Å². The summed E-state index contributed by atoms with van der Waals surface area (Å²) in [5.74, 6) is -1.03. The van der Waals surface area contributed by atoms with Gasteiger partial charge in [0.2, 0.25) is 5.91 Å². The predicted molar refractivity (Wildman–Crippen MR) is 115 cm³/mol. The Morgan fingerprint density at radius 3 is 2.30 bits per heavy atom. The van der Waals surface area contributed by atoms with Gasteiger partial charge in [0.15, 0.2) is 6.29 Å². The smallest absolute Gasteiger partial charge is 0.407 e. The number of aliphatic hydroxyl groups excluding tert-OH is 3. The van der Waals surface area contributed by atoms with Crippen LogP contribution >= 0.6 is 0 Å². The maximum atomic E-state index is 12.4. The third-order valence-electron chi connectivity index (χ3n) is 5.14. The number of benzene rings is 1. The topological polar surface area (TPSA) is 164 Å². The molecule has 11 nitrogen and oxygen atoms in total. The van der Waals surface area contributed by atoms with Gasteiger partial charge in [0.05, 0.1) is 12.7 Å². The van der Waals surface area contributed by atoms with Crippen molar-refractivity contribution in [1.82, 2.24) is 10.6 Å². The van der Waals surface area contributed by atoms with E-state index in [0.717, 1.165) is 5.56 Å². The molecule has 0 aromatic heterocycles. The summed E-state index contributed by atoms with van der Waals surface area (Å²) in [6.07, 6.45) is -5.76. The molecule has 1 fully saturated rings. The van der Waals surface area contributed by atoms with Gasteiger partial charge in [0.1, 0.15) is 24.9 Å². The zero-order valence-corrected chi connectivity index (χ0v) is 18.7. The van der Waals surface area contributed by atoms with Gasteiger partial charge in [-0.1, -0.05) is 30.3 Å². The molecule has 0 bridgehead atoms. The molecule has 184 valence electrons. The number of esters is 1. The standard InChI is InChI=1S/C22H32N2O9/c1-3-31-20(28)16(23-13(2)25)10-9-15(11-17-18(26)19(27)21(29)33-17)24-22(30)32-12-14-7-5-4-6-8-14/h4-8,15-19,21,26-27,29H,3,9-12H2,1-2H3,(H,23,25)(H,24,30)/t15-,16-,17+,18+,19+,21?/m0/s1. The minimum Gasteiger partial charge on any atom is -0.464 e. The summed E-state index contributed by atoms with van der Waals surface area (Å²) in [5, 5.41) is 34.7. The number of aliphatic hydroxyl groups is 3. The number of hydrogen-bond donors (Lipinski definition) is 5. The Balaban J connectivity index is 2.02. The van der Waals surface area contributed by atoms with Gasteiger partial charge in [-0.2, -0.15) is 0 Å². The zero-order chi connectivity index (χ0) is 24.4. The number of hydrogen-bond acceptors (Lipinski definition) is 9. The van der Waals surface area contributed by atoms with Crippen LogP contribution in [0.5, 0.6) is 0 Å². The molecule has 1 saturated heterocycles. The second kappa shape index (κ2) is 13.1. The first kappa shape index (κ1) is 26.5. The number of ether oxygens (including phenoxy) is 3. The van der Waals surface area contributed by atoms with E-state index in [-0.39, 0.29) is 32.5 Å². The molecule has 1 aromatic carbocycles. The van der Waals surface area contributed by atoms with Crippen LogP contribution in [0.2, 0.25) is 0 Å². The molecule has 6 atom stereocenters. The number of rotatable bonds is 11. The molecule has 1 heterocycles. The Hall–Kier alpha value is -2.73. The van der Waals surface area contributed by atoms with Crippen molar-refractivity contribution in [3.05, 3.63) is 35.9 Å². The zero-order valence-electron chi connectivity index (χ0n) is 18.7. The average Bonchev–Trinajstić information content (AvgIpc) is 3.02. The Bertz CT molecular complexity index is 776. The van der Waals surface area contributed by atoms with Gasteiger partial charge in [-0.15, -0.1) is 0 Å². The quantitative estimate of drug-likeness (QED) is 0.280. The minimum absolute atomic E-state index is 0.0192. The first-order valence-electron chi connectivity index (χ1n) is 10.8. The molecule has 33 heavy (non-hydrogen) atoms. The van der Waals surface area contributed by atoms with Gasteiger partial charge in [-0.3, -0.25) is 4.79 Å². The normalized spacial score (nSPS) is 23.9. The van der Waals surface area contributed by atoms with E-state index in [9.17, 15) is 29.7 Å². The summed E-state index contributed by atoms with van der Waals surface area (Å²) >= 11 is 0. The number of carbonyl (C=O) groups is 3. The van der Waals surface area contributed by atoms with Gasteiger partial charge in [0.25, 0.3) is 0 Å². The van der Waals surface area contributed by atoms with E-state index in [1.165, 1.54) is 6.92 Å². The van der Waals surface area contributed by atoms with Gasteiger partial charge in [-0.05, 0) is 31.7 Å². The van der Waals surface area contributed by atoms with Crippen LogP contribution in [0.25, 0.3) is 0 Å². The van der Waals surface area contributed by atoms with E-state index < -0.39 is 54.7 Å². The number of nitrogens with one attached hydrogen (secondary N) is 2. The van der Waals surface area contributed by atoms with E-state index >= 15 is 0 Å². The summed E-state index contributed by atoms with van der Waals surface area (Å²) in [7, 11) is 0. The van der Waals surface area contributed by atoms with Crippen LogP contribution in [0, 0.1) is 0 Å². The summed E-state index contributed by atoms with van der Waals surface area (Å²) < 4.78 is 15.4. The lowest BCUT2D eigenvalue weighted by Crippen LogP contribution is -2.44. The lowest BCUT2D eigenvalue weighted by molar-refractivity contribution is -0.147. The molecule has 5 N–H and O–H groups in total. The van der Waals surface area contributed by atoms with Crippen LogP contribution < -0.4 is 10.6 Å². The first-order chi connectivity index (χ1) is 15.7. The van der Waals surface area contributed by atoms with Crippen LogP contribution in [0.3, 0.4) is 0 Å². The van der Waals surface area contributed by atoms with Crippen LogP contribution in [-0.2, 0) is 30.4 Å². The second-order valence-corrected chi connectivity index (χ2v) is 7.77. The predicted octanol–water partition coefficient (Wildman–Crippen LogP) is -0.0415. The molecule has 0 radical (unpaired) electrons. The molecule has 1 unspecified atom stereocenters. The highest BCUT2D eigenvalue weighted by molar-refractivity contribution is 5.83. The average molecular weight is 469 g/mol. The second-order valence-electron chi connectivity index (χ2n) is 7.77. The lowest BCUT2D eigenvalue weighted by Gasteiger charge is -2.25. The summed E-state index contributed by atoms with van der Waals surface area (Å²) in [5.41, 5.74) is 0.790. The maximum absolute atomic E-state index is 12.4. The van der Waals surface area contributed by atoms with Crippen molar-refractivity contribution in [3.8, 4) is 0 Å². The lowest BCUT2D eigenvalue weighted by atomic mass is 9.98. The van der Waals surface area contributed by atoms with Crippen LogP contribution in [0.1, 0.15) is 38.7 Å². The summed E-state index contributed by atoms with van der Waals surface area (Å²) in [4.78, 5) is 36.0. The van der Waals surface area contributed by atoms with Crippen LogP contribution in [0.4, 0.5) is 4.79 Å². The fourth-order valence-corrected chi connectivity index (χ4v) is 3.49. The molecular weight excluding hydrogens is 436 g/mol. The largest absolute Gasteiger partial charge is 0.464 e. The third kappa shape index (κ3) is 8.61. The van der Waals surface area contributed by atoms with Crippen molar-refractivity contribution in [1.29, 1.82) is 0 Å². The molecule has 0 aliphatic carbocycles. The maximum Gasteiger partial charge on any atom is 0.407 e. The summed E-state index contributed by atoms with van der Waals surface area (Å²) in [6.45, 7) is 3.09. The highest BCUT2D eigenvalue weighted by Crippen LogP contribution is 2.24. The van der Waals surface area contributed by atoms with E-state index in [2.05, 4.69) is 10.6 Å². The molecule has 1 aliphatic heterocycles. The highest BCUT2D eigenvalue weighted by atomic mass is 16.6. The van der Waals surface area contributed by atoms with Crippen molar-refractivity contribution < 1.29 is 43.9 Å². The molecule has 2 rings (SSSR count). The minimum atomic E-state index is -1.55. The molecule has 1 aliphatic rings. The van der Waals surface area contributed by atoms with Gasteiger partial charge >= 0.3 is 12.1 Å². The Labute approximate surface area is 192 Å². The molecule has 1 aromatic rings. The van der Waals surface area contributed by atoms with Crippen LogP contribution in [-0.4, -0.2) is 76.6 Å². The monoisotopic (exact) mass is 468 g/mol. The number of alkyl carbamates (subject to hydrolysis) is 1. The van der Waals surface area contributed by atoms with Gasteiger partial charge in [-0.25, -0.2) is 9.59 Å². The van der Waals surface area contributed by atoms with Crippen LogP contribution in [0.15, 0.2) is 30.3 Å². The fraction of sp³-hybridized carbons (Fsp3) is 0.591. The molecule has 0 saturated carbocycles. The van der Waals surface area contributed by atoms with E-state index in [0.29, 0.717) is 0 Å². The van der Waals surface area contributed by atoms with E-state index in [1.54, 1.807) is 19.1 Å².